The topological polar surface area (TPSA) is 58.1 Å². The van der Waals surface area contributed by atoms with Crippen molar-refractivity contribution >= 4 is 33.3 Å². The van der Waals surface area contributed by atoms with Gasteiger partial charge in [-0.25, -0.2) is 9.97 Å². The highest BCUT2D eigenvalue weighted by Gasteiger charge is 2.18. The van der Waals surface area contributed by atoms with E-state index in [1.165, 1.54) is 12.8 Å². The smallest absolute Gasteiger partial charge is 0.257 e. The molecule has 1 aliphatic heterocycles. The number of anilines is 2. The first-order valence-electron chi connectivity index (χ1n) is 6.87. The maximum atomic E-state index is 12.3. The van der Waals surface area contributed by atoms with Crippen molar-refractivity contribution in [1.29, 1.82) is 0 Å². The number of aromatic nitrogens is 2. The van der Waals surface area contributed by atoms with Gasteiger partial charge in [-0.05, 0) is 53.0 Å². The van der Waals surface area contributed by atoms with Gasteiger partial charge in [0, 0.05) is 25.5 Å². The Morgan fingerprint density at radius 1 is 1.19 bits per heavy atom. The van der Waals surface area contributed by atoms with Gasteiger partial charge in [0.1, 0.15) is 4.60 Å². The van der Waals surface area contributed by atoms with Crippen LogP contribution in [-0.4, -0.2) is 29.0 Å². The second-order valence-corrected chi connectivity index (χ2v) is 5.70. The molecule has 1 fully saturated rings. The van der Waals surface area contributed by atoms with Gasteiger partial charge in [0.25, 0.3) is 5.91 Å². The van der Waals surface area contributed by atoms with E-state index in [4.69, 9.17) is 0 Å². The van der Waals surface area contributed by atoms with E-state index in [0.717, 1.165) is 24.6 Å². The molecular weight excluding hydrogens is 332 g/mol. The first-order chi connectivity index (χ1) is 10.2. The van der Waals surface area contributed by atoms with E-state index in [1.807, 2.05) is 12.1 Å². The molecule has 1 aliphatic rings. The van der Waals surface area contributed by atoms with Crippen molar-refractivity contribution in [3.8, 4) is 0 Å². The Hall–Kier alpha value is -1.95. The Kier molecular flexibility index (Phi) is 4.15. The quantitative estimate of drug-likeness (QED) is 0.867. The molecule has 6 heteroatoms. The van der Waals surface area contributed by atoms with Crippen LogP contribution in [0, 0.1) is 0 Å². The lowest BCUT2D eigenvalue weighted by Crippen LogP contribution is -2.22. The minimum atomic E-state index is -0.177. The van der Waals surface area contributed by atoms with Crippen LogP contribution in [-0.2, 0) is 0 Å². The van der Waals surface area contributed by atoms with Gasteiger partial charge in [-0.15, -0.1) is 0 Å². The highest BCUT2D eigenvalue weighted by Crippen LogP contribution is 2.26. The van der Waals surface area contributed by atoms with Crippen molar-refractivity contribution in [1.82, 2.24) is 9.97 Å². The Labute approximate surface area is 131 Å². The fraction of sp³-hybridized carbons (Fsp3) is 0.267. The molecule has 2 aromatic heterocycles. The fourth-order valence-corrected chi connectivity index (χ4v) is 2.61. The molecule has 5 nitrogen and oxygen atoms in total. The molecule has 1 saturated heterocycles. The van der Waals surface area contributed by atoms with E-state index in [2.05, 4.69) is 36.1 Å². The molecule has 21 heavy (non-hydrogen) atoms. The highest BCUT2D eigenvalue weighted by molar-refractivity contribution is 9.10. The highest BCUT2D eigenvalue weighted by atomic mass is 79.9. The number of carbonyl (C=O) groups excluding carboxylic acids is 1. The predicted molar refractivity (Wildman–Crippen MR) is 85.6 cm³/mol. The van der Waals surface area contributed by atoms with Gasteiger partial charge in [0.05, 0.1) is 11.3 Å². The molecule has 3 heterocycles. The molecule has 0 radical (unpaired) electrons. The number of hydrogen-bond acceptors (Lipinski definition) is 4. The fourth-order valence-electron chi connectivity index (χ4n) is 2.38. The van der Waals surface area contributed by atoms with Crippen molar-refractivity contribution in [2.75, 3.05) is 23.3 Å². The molecule has 0 aromatic carbocycles. The second-order valence-electron chi connectivity index (χ2n) is 4.89. The standard InChI is InChI=1S/C15H15BrN4O/c16-13-6-5-11(10-18-13)15(21)19-12-4-3-7-17-14(12)20-8-1-2-9-20/h3-7,10H,1-2,8-9H2,(H,19,21). The average molecular weight is 347 g/mol. The summed E-state index contributed by atoms with van der Waals surface area (Å²) in [4.78, 5) is 23.0. The lowest BCUT2D eigenvalue weighted by molar-refractivity contribution is 0.102. The van der Waals surface area contributed by atoms with Crippen LogP contribution in [0.4, 0.5) is 11.5 Å². The Morgan fingerprint density at radius 3 is 2.71 bits per heavy atom. The molecule has 1 N–H and O–H groups in total. The molecule has 1 amide bonds. The molecule has 0 atom stereocenters. The summed E-state index contributed by atoms with van der Waals surface area (Å²) in [7, 11) is 0. The average Bonchev–Trinajstić information content (AvgIpc) is 3.02. The van der Waals surface area contributed by atoms with Gasteiger partial charge < -0.3 is 10.2 Å². The van der Waals surface area contributed by atoms with E-state index in [0.29, 0.717) is 10.2 Å². The molecule has 2 aromatic rings. The maximum Gasteiger partial charge on any atom is 0.257 e. The van der Waals surface area contributed by atoms with Gasteiger partial charge in [0.15, 0.2) is 5.82 Å². The van der Waals surface area contributed by atoms with Crippen LogP contribution in [0.1, 0.15) is 23.2 Å². The van der Waals surface area contributed by atoms with Gasteiger partial charge in [0.2, 0.25) is 0 Å². The van der Waals surface area contributed by atoms with Crippen molar-refractivity contribution in [2.45, 2.75) is 12.8 Å². The van der Waals surface area contributed by atoms with Crippen molar-refractivity contribution < 1.29 is 4.79 Å². The Morgan fingerprint density at radius 2 is 2.00 bits per heavy atom. The molecule has 0 unspecified atom stereocenters. The van der Waals surface area contributed by atoms with Gasteiger partial charge in [-0.2, -0.15) is 0 Å². The second kappa shape index (κ2) is 6.22. The summed E-state index contributed by atoms with van der Waals surface area (Å²) in [6, 6.07) is 7.19. The molecular formula is C15H15BrN4O. The maximum absolute atomic E-state index is 12.3. The Bertz CT molecular complexity index is 638. The predicted octanol–water partition coefficient (Wildman–Crippen LogP) is 3.09. The van der Waals surface area contributed by atoms with Crippen molar-refractivity contribution in [3.05, 3.63) is 46.8 Å². The Balaban J connectivity index is 1.81. The lowest BCUT2D eigenvalue weighted by atomic mass is 10.2. The van der Waals surface area contributed by atoms with E-state index in [-0.39, 0.29) is 5.91 Å². The summed E-state index contributed by atoms with van der Waals surface area (Å²) >= 11 is 3.26. The van der Waals surface area contributed by atoms with Crippen LogP contribution in [0.5, 0.6) is 0 Å². The third-order valence-corrected chi connectivity index (χ3v) is 3.90. The molecule has 108 valence electrons. The van der Waals surface area contributed by atoms with Crippen LogP contribution < -0.4 is 10.2 Å². The van der Waals surface area contributed by atoms with Crippen LogP contribution in [0.2, 0.25) is 0 Å². The molecule has 0 bridgehead atoms. The summed E-state index contributed by atoms with van der Waals surface area (Å²) in [5.41, 5.74) is 1.27. The van der Waals surface area contributed by atoms with Crippen molar-refractivity contribution in [3.63, 3.8) is 0 Å². The molecule has 3 rings (SSSR count). The molecule has 0 aliphatic carbocycles. The SMILES string of the molecule is O=C(Nc1cccnc1N1CCCC1)c1ccc(Br)nc1. The number of hydrogen-bond donors (Lipinski definition) is 1. The van der Waals surface area contributed by atoms with Crippen LogP contribution in [0.15, 0.2) is 41.3 Å². The summed E-state index contributed by atoms with van der Waals surface area (Å²) < 4.78 is 0.707. The first kappa shape index (κ1) is 14.0. The number of carbonyl (C=O) groups is 1. The minimum Gasteiger partial charge on any atom is -0.355 e. The van der Waals surface area contributed by atoms with E-state index in [1.54, 1.807) is 24.5 Å². The van der Waals surface area contributed by atoms with Gasteiger partial charge >= 0.3 is 0 Å². The molecule has 0 spiro atoms. The third-order valence-electron chi connectivity index (χ3n) is 3.43. The number of nitrogens with one attached hydrogen (secondary N) is 1. The van der Waals surface area contributed by atoms with Gasteiger partial charge in [-0.3, -0.25) is 4.79 Å². The van der Waals surface area contributed by atoms with Crippen LogP contribution >= 0.6 is 15.9 Å². The summed E-state index contributed by atoms with van der Waals surface area (Å²) in [6.07, 6.45) is 5.64. The summed E-state index contributed by atoms with van der Waals surface area (Å²) in [5, 5.41) is 2.92. The monoisotopic (exact) mass is 346 g/mol. The van der Waals surface area contributed by atoms with E-state index in [9.17, 15) is 4.79 Å². The van der Waals surface area contributed by atoms with Gasteiger partial charge in [-0.1, -0.05) is 0 Å². The first-order valence-corrected chi connectivity index (χ1v) is 7.66. The zero-order chi connectivity index (χ0) is 14.7. The number of halogens is 1. The zero-order valence-electron chi connectivity index (χ0n) is 11.4. The number of rotatable bonds is 3. The number of pyridine rings is 2. The largest absolute Gasteiger partial charge is 0.355 e. The molecule has 0 saturated carbocycles. The normalized spacial score (nSPS) is 14.2. The van der Waals surface area contributed by atoms with Crippen LogP contribution in [0.25, 0.3) is 0 Å². The minimum absolute atomic E-state index is 0.177. The van der Waals surface area contributed by atoms with E-state index < -0.39 is 0 Å². The van der Waals surface area contributed by atoms with Crippen LogP contribution in [0.3, 0.4) is 0 Å². The zero-order valence-corrected chi connectivity index (χ0v) is 13.0. The summed E-state index contributed by atoms with van der Waals surface area (Å²) in [5.74, 6) is 0.664. The number of nitrogens with zero attached hydrogens (tertiary/aromatic N) is 3. The van der Waals surface area contributed by atoms with Crippen molar-refractivity contribution in [2.24, 2.45) is 0 Å². The van der Waals surface area contributed by atoms with E-state index >= 15 is 0 Å². The number of amides is 1. The third kappa shape index (κ3) is 3.21. The lowest BCUT2D eigenvalue weighted by Gasteiger charge is -2.19. The summed E-state index contributed by atoms with van der Waals surface area (Å²) in [6.45, 7) is 1.97.